The molecule has 31 heavy (non-hydrogen) atoms. The van der Waals surface area contributed by atoms with E-state index in [1.165, 1.54) is 6.20 Å². The molecule has 1 saturated heterocycles. The molecule has 1 aliphatic rings. The Morgan fingerprint density at radius 2 is 2.00 bits per heavy atom. The summed E-state index contributed by atoms with van der Waals surface area (Å²) in [5, 5.41) is 6.15. The molecule has 0 unspecified atom stereocenters. The van der Waals surface area contributed by atoms with Crippen molar-refractivity contribution in [3.05, 3.63) is 17.9 Å². The zero-order valence-corrected chi connectivity index (χ0v) is 18.1. The quantitative estimate of drug-likeness (QED) is 0.526. The lowest BCUT2D eigenvalue weighted by molar-refractivity contribution is -0.159. The zero-order valence-electron chi connectivity index (χ0n) is 18.1. The Hall–Kier alpha value is -2.79. The number of carbonyl (C=O) groups is 1. The molecule has 0 radical (unpaired) electrons. The number of carbonyl (C=O) groups excluding carboxylic acids is 1. The highest BCUT2D eigenvalue weighted by molar-refractivity contribution is 5.79. The molecule has 1 fully saturated rings. The Balaban J connectivity index is 1.88. The van der Waals surface area contributed by atoms with E-state index < -0.39 is 23.8 Å². The molecular weight excluding hydrogens is 417 g/mol. The second-order valence-corrected chi connectivity index (χ2v) is 8.23. The minimum absolute atomic E-state index is 0.168. The third kappa shape index (κ3) is 7.76. The first kappa shape index (κ1) is 24.5. The van der Waals surface area contributed by atoms with Crippen molar-refractivity contribution in [2.75, 3.05) is 19.6 Å². The maximum atomic E-state index is 12.6. The zero-order chi connectivity index (χ0) is 23.2. The van der Waals surface area contributed by atoms with E-state index in [0.29, 0.717) is 37.5 Å². The first-order chi connectivity index (χ1) is 14.4. The molecule has 2 rings (SSSR count). The van der Waals surface area contributed by atoms with Gasteiger partial charge in [0.2, 0.25) is 0 Å². The van der Waals surface area contributed by atoms with Gasteiger partial charge >= 0.3 is 18.2 Å². The van der Waals surface area contributed by atoms with Crippen molar-refractivity contribution in [1.29, 1.82) is 0 Å². The lowest BCUT2D eigenvalue weighted by Crippen LogP contribution is -2.45. The molecule has 1 aromatic rings. The highest BCUT2D eigenvalue weighted by Gasteiger charge is 2.38. The number of piperidine rings is 1. The van der Waals surface area contributed by atoms with Crippen LogP contribution in [0.25, 0.3) is 5.57 Å². The summed E-state index contributed by atoms with van der Waals surface area (Å²) < 4.78 is 47.4. The number of hydrogen-bond acceptors (Lipinski definition) is 6. The number of aromatic nitrogens is 2. The first-order valence-electron chi connectivity index (χ1n) is 10.0. The molecule has 0 saturated carbocycles. The lowest BCUT2D eigenvalue weighted by Gasteiger charge is -2.32. The average molecular weight is 446 g/mol. The summed E-state index contributed by atoms with van der Waals surface area (Å²) in [6.07, 6.45) is -1.83. The lowest BCUT2D eigenvalue weighted by atomic mass is 9.97. The second-order valence-electron chi connectivity index (χ2n) is 8.23. The van der Waals surface area contributed by atoms with Crippen LogP contribution >= 0.6 is 0 Å². The topological polar surface area (TPSA) is 119 Å². The van der Waals surface area contributed by atoms with Gasteiger partial charge in [-0.25, -0.2) is 9.79 Å². The normalized spacial score (nSPS) is 17.1. The number of nitrogens with two attached hydrogens (primary N) is 1. The van der Waals surface area contributed by atoms with Gasteiger partial charge in [0.1, 0.15) is 5.60 Å². The van der Waals surface area contributed by atoms with Crippen molar-refractivity contribution < 1.29 is 27.2 Å². The van der Waals surface area contributed by atoms with E-state index in [2.05, 4.69) is 25.0 Å². The average Bonchev–Trinajstić information content (AvgIpc) is 3.16. The number of rotatable bonds is 5. The fraction of sp³-hybridized carbons (Fsp3) is 0.684. The Labute approximate surface area is 178 Å². The number of alkyl carbamates (subject to hydrolysis) is 1. The minimum atomic E-state index is -4.70. The van der Waals surface area contributed by atoms with E-state index in [9.17, 15) is 18.0 Å². The Bertz CT molecular complexity index is 806. The van der Waals surface area contributed by atoms with E-state index in [0.717, 1.165) is 12.8 Å². The maximum Gasteiger partial charge on any atom is 0.471 e. The van der Waals surface area contributed by atoms with Crippen molar-refractivity contribution >= 4 is 17.6 Å². The van der Waals surface area contributed by atoms with Gasteiger partial charge in [0.25, 0.3) is 0 Å². The molecule has 174 valence electrons. The van der Waals surface area contributed by atoms with Crippen LogP contribution in [0.2, 0.25) is 0 Å². The molecule has 1 amide bonds. The van der Waals surface area contributed by atoms with Gasteiger partial charge in [-0.3, -0.25) is 0 Å². The Kier molecular flexibility index (Phi) is 7.91. The molecule has 12 heteroatoms. The van der Waals surface area contributed by atoms with Gasteiger partial charge < -0.3 is 25.2 Å². The Morgan fingerprint density at radius 3 is 2.52 bits per heavy atom. The molecule has 0 bridgehead atoms. The molecule has 0 spiro atoms. The van der Waals surface area contributed by atoms with Gasteiger partial charge in [-0.05, 0) is 46.0 Å². The highest BCUT2D eigenvalue weighted by Crippen LogP contribution is 2.29. The third-order valence-corrected chi connectivity index (χ3v) is 4.56. The van der Waals surface area contributed by atoms with Crippen LogP contribution in [0.4, 0.5) is 18.0 Å². The number of aliphatic imine (C=N–C) groups is 1. The van der Waals surface area contributed by atoms with Crippen molar-refractivity contribution in [2.24, 2.45) is 16.6 Å². The predicted molar refractivity (Wildman–Crippen MR) is 108 cm³/mol. The van der Waals surface area contributed by atoms with Crippen molar-refractivity contribution in [1.82, 2.24) is 20.4 Å². The summed E-state index contributed by atoms with van der Waals surface area (Å²) >= 11 is 0. The first-order valence-corrected chi connectivity index (χ1v) is 10.0. The Morgan fingerprint density at radius 1 is 1.35 bits per heavy atom. The summed E-state index contributed by atoms with van der Waals surface area (Å²) in [6, 6.07) is 0. The fourth-order valence-corrected chi connectivity index (χ4v) is 2.91. The number of hydrogen-bond donors (Lipinski definition) is 2. The van der Waals surface area contributed by atoms with E-state index >= 15 is 0 Å². The molecular formula is C19H29F3N6O3. The van der Waals surface area contributed by atoms with Crippen LogP contribution in [0.1, 0.15) is 58.7 Å². The number of halogens is 3. The standard InChI is InChI=1S/C19H29F3N6O3/c1-5-13(14-26-15(31-27-14)19(20,21)22)11-24-16(23)28-8-6-12(7-9-28)10-25-17(29)30-18(2,3)4/h11-12H,5-10H2,1-4H3,(H2,23,24)(H,25,29)/b13-11+. The number of ether oxygens (including phenoxy) is 1. The van der Waals surface area contributed by atoms with Crippen LogP contribution in [-0.2, 0) is 10.9 Å². The summed E-state index contributed by atoms with van der Waals surface area (Å²) in [7, 11) is 0. The van der Waals surface area contributed by atoms with Crippen LogP contribution in [0.15, 0.2) is 15.7 Å². The minimum Gasteiger partial charge on any atom is -0.444 e. The van der Waals surface area contributed by atoms with E-state index in [-0.39, 0.29) is 11.8 Å². The maximum absolute atomic E-state index is 12.6. The van der Waals surface area contributed by atoms with Crippen LogP contribution in [0.5, 0.6) is 0 Å². The third-order valence-electron chi connectivity index (χ3n) is 4.56. The van der Waals surface area contributed by atoms with E-state index in [1.807, 2.05) is 4.90 Å². The predicted octanol–water partition coefficient (Wildman–Crippen LogP) is 3.39. The second kappa shape index (κ2) is 10.0. The molecule has 9 nitrogen and oxygen atoms in total. The molecule has 1 aromatic heterocycles. The van der Waals surface area contributed by atoms with Crippen molar-refractivity contribution in [2.45, 2.75) is 58.7 Å². The van der Waals surface area contributed by atoms with Gasteiger partial charge in [-0.15, -0.1) is 0 Å². The van der Waals surface area contributed by atoms with Crippen molar-refractivity contribution in [3.8, 4) is 0 Å². The van der Waals surface area contributed by atoms with Crippen LogP contribution in [-0.4, -0.2) is 52.3 Å². The van der Waals surface area contributed by atoms with Gasteiger partial charge in [0.05, 0.1) is 0 Å². The summed E-state index contributed by atoms with van der Waals surface area (Å²) in [6.45, 7) is 8.96. The fourth-order valence-electron chi connectivity index (χ4n) is 2.91. The number of amides is 1. The van der Waals surface area contributed by atoms with Gasteiger partial charge in [0.15, 0.2) is 11.8 Å². The molecule has 1 aliphatic heterocycles. The number of guanidine groups is 1. The molecule has 0 aromatic carbocycles. The van der Waals surface area contributed by atoms with Gasteiger partial charge in [0, 0.05) is 31.4 Å². The van der Waals surface area contributed by atoms with E-state index in [4.69, 9.17) is 10.5 Å². The molecule has 0 aliphatic carbocycles. The van der Waals surface area contributed by atoms with Crippen LogP contribution < -0.4 is 11.1 Å². The summed E-state index contributed by atoms with van der Waals surface area (Å²) in [5.74, 6) is -1.03. The molecule has 2 heterocycles. The monoisotopic (exact) mass is 446 g/mol. The molecule has 3 N–H and O–H groups in total. The summed E-state index contributed by atoms with van der Waals surface area (Å²) in [5.41, 5.74) is 5.87. The SMILES string of the molecule is CC/C(=C\N=C(/N)N1CCC(CNC(=O)OC(C)(C)C)CC1)c1noc(C(F)(F)F)n1. The van der Waals surface area contributed by atoms with Crippen molar-refractivity contribution in [3.63, 3.8) is 0 Å². The molecule has 0 atom stereocenters. The largest absolute Gasteiger partial charge is 0.471 e. The number of likely N-dealkylation sites (tertiary alicyclic amines) is 1. The number of allylic oxidation sites excluding steroid dienone is 1. The van der Waals surface area contributed by atoms with Gasteiger partial charge in [-0.2, -0.15) is 18.2 Å². The van der Waals surface area contributed by atoms with Crippen LogP contribution in [0.3, 0.4) is 0 Å². The number of nitrogens with zero attached hydrogens (tertiary/aromatic N) is 4. The smallest absolute Gasteiger partial charge is 0.444 e. The van der Waals surface area contributed by atoms with E-state index in [1.54, 1.807) is 27.7 Å². The number of nitrogens with one attached hydrogen (secondary N) is 1. The highest BCUT2D eigenvalue weighted by atomic mass is 19.4. The number of alkyl halides is 3. The summed E-state index contributed by atoms with van der Waals surface area (Å²) in [4.78, 5) is 21.2. The van der Waals surface area contributed by atoms with Gasteiger partial charge in [-0.1, -0.05) is 12.1 Å². The van der Waals surface area contributed by atoms with Crippen LogP contribution in [0, 0.1) is 5.92 Å².